The SMILES string of the molecule is CO[C@@H]1CC[C@H](Oc2ccc3c(O)c(NC(=O)c4cc(Oc5ccccc5)ccn4)c(=O)oc3c2C)OC1(C)C. The van der Waals surface area contributed by atoms with Gasteiger partial charge in [0.15, 0.2) is 11.4 Å². The Labute approximate surface area is 230 Å². The predicted molar refractivity (Wildman–Crippen MR) is 147 cm³/mol. The standard InChI is InChI=1S/C30H30N2O8/c1-17-22(38-24-13-12-23(36-4)30(2,3)40-24)11-10-20-26(33)25(29(35)39-27(17)20)32-28(34)21-16-19(14-15-31-21)37-18-8-6-5-7-9-18/h5-11,14-16,23-24,33H,12-13H2,1-4H3,(H,32,34)/t23-,24-/m1/s1. The second-order valence-corrected chi connectivity index (χ2v) is 9.99. The summed E-state index contributed by atoms with van der Waals surface area (Å²) in [6.07, 6.45) is 2.21. The van der Waals surface area contributed by atoms with E-state index in [1.165, 1.54) is 12.3 Å². The molecule has 2 atom stereocenters. The molecule has 1 aliphatic heterocycles. The fourth-order valence-electron chi connectivity index (χ4n) is 4.74. The van der Waals surface area contributed by atoms with Crippen LogP contribution in [0.2, 0.25) is 0 Å². The van der Waals surface area contributed by atoms with Gasteiger partial charge >= 0.3 is 5.63 Å². The lowest BCUT2D eigenvalue weighted by molar-refractivity contribution is -0.233. The number of nitrogens with one attached hydrogen (secondary N) is 1. The Morgan fingerprint density at radius 3 is 2.60 bits per heavy atom. The van der Waals surface area contributed by atoms with Crippen molar-refractivity contribution in [2.75, 3.05) is 12.4 Å². The largest absolute Gasteiger partial charge is 0.505 e. The normalized spacial score (nSPS) is 18.3. The second-order valence-electron chi connectivity index (χ2n) is 9.99. The van der Waals surface area contributed by atoms with E-state index in [2.05, 4.69) is 10.3 Å². The highest BCUT2D eigenvalue weighted by atomic mass is 16.7. The summed E-state index contributed by atoms with van der Waals surface area (Å²) in [6.45, 7) is 5.60. The lowest BCUT2D eigenvalue weighted by Crippen LogP contribution is -2.49. The molecule has 1 amide bonds. The Hall–Kier alpha value is -4.41. The lowest BCUT2D eigenvalue weighted by atomic mass is 9.94. The minimum absolute atomic E-state index is 0.0154. The van der Waals surface area contributed by atoms with E-state index in [4.69, 9.17) is 23.4 Å². The third-order valence-electron chi connectivity index (χ3n) is 6.85. The molecule has 1 saturated heterocycles. The lowest BCUT2D eigenvalue weighted by Gasteiger charge is -2.41. The summed E-state index contributed by atoms with van der Waals surface area (Å²) < 4.78 is 29.0. The second kappa shape index (κ2) is 11.0. The van der Waals surface area contributed by atoms with Gasteiger partial charge in [0.05, 0.1) is 17.1 Å². The maximum atomic E-state index is 12.9. The van der Waals surface area contributed by atoms with E-state index in [1.54, 1.807) is 44.4 Å². The number of methoxy groups -OCH3 is 1. The van der Waals surface area contributed by atoms with Gasteiger partial charge < -0.3 is 33.8 Å². The van der Waals surface area contributed by atoms with Gasteiger partial charge in [-0.25, -0.2) is 4.79 Å². The van der Waals surface area contributed by atoms with E-state index < -0.39 is 34.9 Å². The Morgan fingerprint density at radius 1 is 1.10 bits per heavy atom. The maximum Gasteiger partial charge on any atom is 0.364 e. The number of aromatic nitrogens is 1. The number of fused-ring (bicyclic) bond motifs is 1. The Bertz CT molecular complexity index is 1600. The number of pyridine rings is 1. The van der Waals surface area contributed by atoms with Gasteiger partial charge in [-0.05, 0) is 57.5 Å². The summed E-state index contributed by atoms with van der Waals surface area (Å²) in [5, 5.41) is 13.6. The highest BCUT2D eigenvalue weighted by molar-refractivity contribution is 6.05. The Balaban J connectivity index is 1.36. The van der Waals surface area contributed by atoms with Crippen LogP contribution < -0.4 is 20.4 Å². The first-order valence-electron chi connectivity index (χ1n) is 12.8. The first-order chi connectivity index (χ1) is 19.2. The fraction of sp³-hybridized carbons (Fsp3) is 0.300. The van der Waals surface area contributed by atoms with Crippen LogP contribution in [0.5, 0.6) is 23.0 Å². The van der Waals surface area contributed by atoms with E-state index >= 15 is 0 Å². The van der Waals surface area contributed by atoms with Gasteiger partial charge in [0, 0.05) is 31.4 Å². The van der Waals surface area contributed by atoms with Crippen molar-refractivity contribution in [3.05, 3.63) is 82.5 Å². The van der Waals surface area contributed by atoms with E-state index in [0.717, 1.165) is 6.42 Å². The number of carbonyl (C=O) groups excluding carboxylic acids is 1. The molecule has 1 fully saturated rings. The number of aromatic hydroxyl groups is 1. The monoisotopic (exact) mass is 546 g/mol. The van der Waals surface area contributed by atoms with Crippen molar-refractivity contribution in [2.24, 2.45) is 0 Å². The first-order valence-corrected chi connectivity index (χ1v) is 12.8. The van der Waals surface area contributed by atoms with Gasteiger partial charge in [0.1, 0.15) is 28.5 Å². The number of para-hydroxylation sites is 1. The number of aryl methyl sites for hydroxylation is 1. The van der Waals surface area contributed by atoms with Crippen molar-refractivity contribution < 1.29 is 33.3 Å². The molecule has 0 bridgehead atoms. The molecular formula is C30H30N2O8. The van der Waals surface area contributed by atoms with Gasteiger partial charge in [-0.3, -0.25) is 9.78 Å². The van der Waals surface area contributed by atoms with E-state index in [1.807, 2.05) is 32.0 Å². The highest BCUT2D eigenvalue weighted by Crippen LogP contribution is 2.37. The number of benzene rings is 2. The van der Waals surface area contributed by atoms with Crippen LogP contribution in [0.15, 0.2) is 70.0 Å². The third-order valence-corrected chi connectivity index (χ3v) is 6.85. The highest BCUT2D eigenvalue weighted by Gasteiger charge is 2.39. The zero-order valence-electron chi connectivity index (χ0n) is 22.6. The molecule has 2 N–H and O–H groups in total. The molecule has 0 spiro atoms. The van der Waals surface area contributed by atoms with Crippen molar-refractivity contribution in [2.45, 2.75) is 51.6 Å². The van der Waals surface area contributed by atoms with Crippen molar-refractivity contribution in [1.82, 2.24) is 4.98 Å². The molecule has 2 aromatic heterocycles. The molecular weight excluding hydrogens is 516 g/mol. The number of ether oxygens (including phenoxy) is 4. The van der Waals surface area contributed by atoms with Gasteiger partial charge in [-0.15, -0.1) is 0 Å². The van der Waals surface area contributed by atoms with Crippen molar-refractivity contribution >= 4 is 22.6 Å². The minimum Gasteiger partial charge on any atom is -0.505 e. The predicted octanol–water partition coefficient (Wildman–Crippen LogP) is 5.56. The first kappa shape index (κ1) is 27.2. The Morgan fingerprint density at radius 2 is 1.88 bits per heavy atom. The van der Waals surface area contributed by atoms with Crippen LogP contribution in [0.4, 0.5) is 5.69 Å². The zero-order chi connectivity index (χ0) is 28.4. The molecule has 4 aromatic rings. The fourth-order valence-corrected chi connectivity index (χ4v) is 4.74. The summed E-state index contributed by atoms with van der Waals surface area (Å²) in [4.78, 5) is 29.9. The van der Waals surface area contributed by atoms with Crippen molar-refractivity contribution in [3.8, 4) is 23.0 Å². The molecule has 0 radical (unpaired) electrons. The molecule has 10 nitrogen and oxygen atoms in total. The third kappa shape index (κ3) is 5.49. The molecule has 208 valence electrons. The number of amides is 1. The van der Waals surface area contributed by atoms with Crippen LogP contribution in [-0.2, 0) is 9.47 Å². The average Bonchev–Trinajstić information content (AvgIpc) is 2.93. The molecule has 0 saturated carbocycles. The van der Waals surface area contributed by atoms with Crippen LogP contribution in [0.1, 0.15) is 42.7 Å². The van der Waals surface area contributed by atoms with Crippen LogP contribution >= 0.6 is 0 Å². The molecule has 1 aliphatic rings. The van der Waals surface area contributed by atoms with Gasteiger partial charge in [-0.1, -0.05) is 18.2 Å². The molecule has 0 unspecified atom stereocenters. The van der Waals surface area contributed by atoms with E-state index in [-0.39, 0.29) is 22.8 Å². The summed E-state index contributed by atoms with van der Waals surface area (Å²) in [5.74, 6) is 0.271. The molecule has 2 aromatic carbocycles. The van der Waals surface area contributed by atoms with Gasteiger partial charge in [-0.2, -0.15) is 0 Å². The van der Waals surface area contributed by atoms with Crippen LogP contribution in [0.3, 0.4) is 0 Å². The number of nitrogens with zero attached hydrogens (tertiary/aromatic N) is 1. The van der Waals surface area contributed by atoms with E-state index in [0.29, 0.717) is 29.2 Å². The summed E-state index contributed by atoms with van der Waals surface area (Å²) >= 11 is 0. The van der Waals surface area contributed by atoms with E-state index in [9.17, 15) is 14.7 Å². The average molecular weight is 547 g/mol. The number of anilines is 1. The van der Waals surface area contributed by atoms with Gasteiger partial charge in [0.2, 0.25) is 6.29 Å². The van der Waals surface area contributed by atoms with Crippen LogP contribution in [-0.4, -0.2) is 41.1 Å². The minimum atomic E-state index is -0.923. The smallest absolute Gasteiger partial charge is 0.364 e. The topological polar surface area (TPSA) is 129 Å². The molecule has 0 aliphatic carbocycles. The molecule has 3 heterocycles. The Kier molecular flexibility index (Phi) is 7.46. The molecule has 5 rings (SSSR count). The molecule has 10 heteroatoms. The number of hydrogen-bond acceptors (Lipinski definition) is 9. The maximum absolute atomic E-state index is 12.9. The summed E-state index contributed by atoms with van der Waals surface area (Å²) in [6, 6.07) is 15.3. The van der Waals surface area contributed by atoms with Gasteiger partial charge in [0.25, 0.3) is 5.91 Å². The number of hydrogen-bond donors (Lipinski definition) is 2. The van der Waals surface area contributed by atoms with Crippen LogP contribution in [0, 0.1) is 6.92 Å². The quantitative estimate of drug-likeness (QED) is 0.286. The number of rotatable bonds is 7. The number of carbonyl (C=O) groups is 1. The van der Waals surface area contributed by atoms with Crippen LogP contribution in [0.25, 0.3) is 11.0 Å². The van der Waals surface area contributed by atoms with Crippen molar-refractivity contribution in [1.29, 1.82) is 0 Å². The van der Waals surface area contributed by atoms with Crippen molar-refractivity contribution in [3.63, 3.8) is 0 Å². The summed E-state index contributed by atoms with van der Waals surface area (Å²) in [7, 11) is 1.66. The summed E-state index contributed by atoms with van der Waals surface area (Å²) in [5.41, 5.74) is -1.23. The zero-order valence-corrected chi connectivity index (χ0v) is 22.6. The molecule has 40 heavy (non-hydrogen) atoms.